The number of hydrogen-bond donors (Lipinski definition) is 3. The minimum absolute atomic E-state index is 0.170. The Morgan fingerprint density at radius 1 is 1.26 bits per heavy atom. The summed E-state index contributed by atoms with van der Waals surface area (Å²) in [6.45, 7) is 5.85. The van der Waals surface area contributed by atoms with E-state index in [0.717, 1.165) is 0 Å². The van der Waals surface area contributed by atoms with Gasteiger partial charge < -0.3 is 20.6 Å². The minimum Gasteiger partial charge on any atom is -0.481 e. The number of carbonyl (C=O) groups excluding carboxylic acids is 2. The molecule has 0 heterocycles. The molecule has 0 rings (SSSR count). The Labute approximate surface area is 113 Å². The lowest BCUT2D eigenvalue weighted by atomic mass is 10.1. The van der Waals surface area contributed by atoms with Crippen molar-refractivity contribution in [2.24, 2.45) is 5.92 Å². The van der Waals surface area contributed by atoms with Crippen LogP contribution in [0.4, 0.5) is 4.79 Å². The first kappa shape index (κ1) is 17.2. The molecule has 0 aliphatic carbocycles. The molecule has 7 nitrogen and oxygen atoms in total. The number of nitrogens with one attached hydrogen (secondary N) is 2. The van der Waals surface area contributed by atoms with Crippen molar-refractivity contribution in [3.63, 3.8) is 0 Å². The highest BCUT2D eigenvalue weighted by Gasteiger charge is 2.18. The third-order valence-electron chi connectivity index (χ3n) is 2.85. The number of hydrogen-bond acceptors (Lipinski definition) is 3. The molecule has 0 aliphatic rings. The number of urea groups is 1. The van der Waals surface area contributed by atoms with E-state index < -0.39 is 24.0 Å². The van der Waals surface area contributed by atoms with E-state index in [2.05, 4.69) is 10.6 Å². The van der Waals surface area contributed by atoms with Gasteiger partial charge in [0.25, 0.3) is 0 Å². The van der Waals surface area contributed by atoms with Crippen LogP contribution in [0.15, 0.2) is 0 Å². The highest BCUT2D eigenvalue weighted by Crippen LogP contribution is 1.99. The molecule has 7 heteroatoms. The largest absolute Gasteiger partial charge is 0.481 e. The van der Waals surface area contributed by atoms with Gasteiger partial charge in [-0.3, -0.25) is 9.59 Å². The van der Waals surface area contributed by atoms with Crippen molar-refractivity contribution in [2.75, 3.05) is 20.1 Å². The molecule has 0 saturated carbocycles. The van der Waals surface area contributed by atoms with Gasteiger partial charge in [-0.15, -0.1) is 0 Å². The third-order valence-corrected chi connectivity index (χ3v) is 2.85. The van der Waals surface area contributed by atoms with Gasteiger partial charge >= 0.3 is 12.0 Å². The lowest BCUT2D eigenvalue weighted by Crippen LogP contribution is -2.49. The van der Waals surface area contributed by atoms with Crippen LogP contribution in [-0.4, -0.2) is 54.1 Å². The lowest BCUT2D eigenvalue weighted by Gasteiger charge is -2.20. The standard InChI is InChI=1S/C12H23N3O4/c1-5-15(4)10(16)9(3)14-12(19)13-7-6-8(2)11(17)18/h8-9H,5-7H2,1-4H3,(H,17,18)(H2,13,14,19). The quantitative estimate of drug-likeness (QED) is 0.619. The van der Waals surface area contributed by atoms with Crippen molar-refractivity contribution in [2.45, 2.75) is 33.2 Å². The molecule has 3 N–H and O–H groups in total. The summed E-state index contributed by atoms with van der Waals surface area (Å²) in [4.78, 5) is 35.2. The second kappa shape index (κ2) is 8.34. The fraction of sp³-hybridized carbons (Fsp3) is 0.750. The second-order valence-electron chi connectivity index (χ2n) is 4.50. The van der Waals surface area contributed by atoms with Crippen molar-refractivity contribution in [3.8, 4) is 0 Å². The zero-order valence-electron chi connectivity index (χ0n) is 11.9. The van der Waals surface area contributed by atoms with E-state index in [-0.39, 0.29) is 12.5 Å². The van der Waals surface area contributed by atoms with E-state index in [1.54, 1.807) is 20.9 Å². The van der Waals surface area contributed by atoms with Crippen molar-refractivity contribution < 1.29 is 19.5 Å². The molecule has 0 aliphatic heterocycles. The number of nitrogens with zero attached hydrogens (tertiary/aromatic N) is 1. The topological polar surface area (TPSA) is 98.7 Å². The summed E-state index contributed by atoms with van der Waals surface area (Å²) >= 11 is 0. The Bertz CT molecular complexity index is 333. The molecule has 0 aromatic heterocycles. The van der Waals surface area contributed by atoms with Crippen LogP contribution in [0.3, 0.4) is 0 Å². The van der Waals surface area contributed by atoms with Crippen LogP contribution in [0.2, 0.25) is 0 Å². The smallest absolute Gasteiger partial charge is 0.315 e. The number of amides is 3. The van der Waals surface area contributed by atoms with E-state index in [9.17, 15) is 14.4 Å². The average molecular weight is 273 g/mol. The van der Waals surface area contributed by atoms with Gasteiger partial charge in [0.2, 0.25) is 5.91 Å². The highest BCUT2D eigenvalue weighted by molar-refractivity contribution is 5.86. The normalized spacial score (nSPS) is 13.3. The lowest BCUT2D eigenvalue weighted by molar-refractivity contribution is -0.141. The van der Waals surface area contributed by atoms with Crippen LogP contribution in [0.25, 0.3) is 0 Å². The summed E-state index contributed by atoms with van der Waals surface area (Å²) in [6.07, 6.45) is 0.347. The summed E-state index contributed by atoms with van der Waals surface area (Å²) in [7, 11) is 1.66. The molecule has 0 aromatic carbocycles. The van der Waals surface area contributed by atoms with Crippen LogP contribution in [0, 0.1) is 5.92 Å². The molecule has 2 atom stereocenters. The molecule has 0 radical (unpaired) electrons. The number of aliphatic carboxylic acids is 1. The first-order valence-corrected chi connectivity index (χ1v) is 6.31. The Morgan fingerprint density at radius 3 is 2.32 bits per heavy atom. The molecule has 3 amide bonds. The highest BCUT2D eigenvalue weighted by atomic mass is 16.4. The number of rotatable bonds is 7. The first-order valence-electron chi connectivity index (χ1n) is 6.31. The molecule has 0 fully saturated rings. The Hall–Kier alpha value is -1.79. The van der Waals surface area contributed by atoms with Gasteiger partial charge in [0.1, 0.15) is 6.04 Å². The summed E-state index contributed by atoms with van der Waals surface area (Å²) in [5.41, 5.74) is 0. The zero-order valence-corrected chi connectivity index (χ0v) is 11.9. The summed E-state index contributed by atoms with van der Waals surface area (Å²) < 4.78 is 0. The van der Waals surface area contributed by atoms with E-state index >= 15 is 0 Å². The predicted molar refractivity (Wildman–Crippen MR) is 70.7 cm³/mol. The molecule has 110 valence electrons. The van der Waals surface area contributed by atoms with E-state index in [4.69, 9.17) is 5.11 Å². The molecule has 2 unspecified atom stereocenters. The summed E-state index contributed by atoms with van der Waals surface area (Å²) in [5, 5.41) is 13.7. The third kappa shape index (κ3) is 6.64. The van der Waals surface area contributed by atoms with Crippen LogP contribution < -0.4 is 10.6 Å². The van der Waals surface area contributed by atoms with Crippen LogP contribution >= 0.6 is 0 Å². The number of carboxylic acids is 1. The van der Waals surface area contributed by atoms with Crippen molar-refractivity contribution in [1.82, 2.24) is 15.5 Å². The number of carboxylic acid groups (broad SMARTS) is 1. The van der Waals surface area contributed by atoms with Gasteiger partial charge in [0.05, 0.1) is 5.92 Å². The zero-order chi connectivity index (χ0) is 15.0. The monoisotopic (exact) mass is 273 g/mol. The molecular weight excluding hydrogens is 250 g/mol. The van der Waals surface area contributed by atoms with E-state index in [1.807, 2.05) is 6.92 Å². The van der Waals surface area contributed by atoms with Crippen molar-refractivity contribution >= 4 is 17.9 Å². The number of likely N-dealkylation sites (N-methyl/N-ethyl adjacent to an activating group) is 1. The fourth-order valence-corrected chi connectivity index (χ4v) is 1.32. The van der Waals surface area contributed by atoms with E-state index in [0.29, 0.717) is 13.0 Å². The van der Waals surface area contributed by atoms with Crippen LogP contribution in [0.1, 0.15) is 27.2 Å². The maximum Gasteiger partial charge on any atom is 0.315 e. The Balaban J connectivity index is 3.98. The van der Waals surface area contributed by atoms with Gasteiger partial charge in [-0.05, 0) is 20.3 Å². The minimum atomic E-state index is -0.893. The maximum absolute atomic E-state index is 11.7. The summed E-state index contributed by atoms with van der Waals surface area (Å²) in [5.74, 6) is -1.57. The molecule has 0 bridgehead atoms. The molecule has 0 saturated heterocycles. The first-order chi connectivity index (χ1) is 8.79. The van der Waals surface area contributed by atoms with Gasteiger partial charge in [-0.25, -0.2) is 4.79 Å². The van der Waals surface area contributed by atoms with Crippen molar-refractivity contribution in [1.29, 1.82) is 0 Å². The SMILES string of the molecule is CCN(C)C(=O)C(C)NC(=O)NCCC(C)C(=O)O. The summed E-state index contributed by atoms with van der Waals surface area (Å²) in [6, 6.07) is -1.08. The second-order valence-corrected chi connectivity index (χ2v) is 4.50. The fourth-order valence-electron chi connectivity index (χ4n) is 1.32. The van der Waals surface area contributed by atoms with Gasteiger partial charge in [0, 0.05) is 20.1 Å². The maximum atomic E-state index is 11.7. The Morgan fingerprint density at radius 2 is 1.84 bits per heavy atom. The van der Waals surface area contributed by atoms with Gasteiger partial charge in [-0.1, -0.05) is 6.92 Å². The van der Waals surface area contributed by atoms with Crippen molar-refractivity contribution in [3.05, 3.63) is 0 Å². The average Bonchev–Trinajstić information content (AvgIpc) is 2.36. The molecule has 0 spiro atoms. The van der Waals surface area contributed by atoms with Gasteiger partial charge in [-0.2, -0.15) is 0 Å². The Kier molecular flexibility index (Phi) is 7.55. The predicted octanol–water partition coefficient (Wildman–Crippen LogP) is 0.263. The number of carbonyl (C=O) groups is 3. The van der Waals surface area contributed by atoms with E-state index in [1.165, 1.54) is 4.90 Å². The molecule has 19 heavy (non-hydrogen) atoms. The molecule has 0 aromatic rings. The van der Waals surface area contributed by atoms with Crippen LogP contribution in [0.5, 0.6) is 0 Å². The van der Waals surface area contributed by atoms with Gasteiger partial charge in [0.15, 0.2) is 0 Å². The van der Waals surface area contributed by atoms with Crippen LogP contribution in [-0.2, 0) is 9.59 Å². The molecular formula is C12H23N3O4.